The van der Waals surface area contributed by atoms with Gasteiger partial charge in [0.2, 0.25) is 0 Å². The van der Waals surface area contributed by atoms with E-state index in [1.807, 2.05) is 24.4 Å². The Hall–Kier alpha value is -2.65. The molecule has 0 aliphatic heterocycles. The van der Waals surface area contributed by atoms with Crippen molar-refractivity contribution in [3.8, 4) is 16.6 Å². The van der Waals surface area contributed by atoms with E-state index in [0.29, 0.717) is 16.3 Å². The number of thiazole rings is 1. The third-order valence-electron chi connectivity index (χ3n) is 3.88. The average molecular weight is 353 g/mol. The summed E-state index contributed by atoms with van der Waals surface area (Å²) in [6, 6.07) is 8.10. The van der Waals surface area contributed by atoms with Crippen LogP contribution in [0.5, 0.6) is 0 Å². The van der Waals surface area contributed by atoms with E-state index < -0.39 is 5.97 Å². The molecule has 2 heterocycles. The number of rotatable bonds is 3. The topological polar surface area (TPSA) is 78.9 Å². The Kier molecular flexibility index (Phi) is 4.13. The standard InChI is InChI=1S/C19H19N3O2S/c1-11-16(18(23)24)25-17(21-11)12-5-6-15-14(7-12)13(8-20)9-22(15)10-19(2,3)4/h5-7,9H,10H2,1-4H3,(H,23,24). The number of fused-ring (bicyclic) bond motifs is 1. The maximum Gasteiger partial charge on any atom is 0.347 e. The lowest BCUT2D eigenvalue weighted by Crippen LogP contribution is -2.14. The number of nitriles is 1. The molecular weight excluding hydrogens is 334 g/mol. The number of aromatic carboxylic acids is 1. The largest absolute Gasteiger partial charge is 0.477 e. The first-order chi connectivity index (χ1) is 11.7. The number of carboxylic acid groups (broad SMARTS) is 1. The molecule has 2 aromatic heterocycles. The summed E-state index contributed by atoms with van der Waals surface area (Å²) in [6.07, 6.45) is 1.88. The molecule has 25 heavy (non-hydrogen) atoms. The summed E-state index contributed by atoms with van der Waals surface area (Å²) in [5, 5.41) is 20.2. The first-order valence-corrected chi connectivity index (χ1v) is 8.75. The number of carboxylic acids is 1. The smallest absolute Gasteiger partial charge is 0.347 e. The van der Waals surface area contributed by atoms with Crippen LogP contribution in [-0.2, 0) is 6.54 Å². The van der Waals surface area contributed by atoms with E-state index in [9.17, 15) is 15.2 Å². The van der Waals surface area contributed by atoms with Crippen molar-refractivity contribution < 1.29 is 9.90 Å². The van der Waals surface area contributed by atoms with Gasteiger partial charge < -0.3 is 9.67 Å². The highest BCUT2D eigenvalue weighted by atomic mass is 32.1. The normalized spacial score (nSPS) is 11.6. The summed E-state index contributed by atoms with van der Waals surface area (Å²) in [5.74, 6) is -0.962. The van der Waals surface area contributed by atoms with E-state index in [4.69, 9.17) is 0 Å². The lowest BCUT2D eigenvalue weighted by Gasteiger charge is -2.19. The molecule has 0 saturated carbocycles. The van der Waals surface area contributed by atoms with Gasteiger partial charge >= 0.3 is 5.97 Å². The molecule has 0 saturated heterocycles. The second-order valence-electron chi connectivity index (χ2n) is 7.31. The Bertz CT molecular complexity index is 1020. The highest BCUT2D eigenvalue weighted by Gasteiger charge is 2.18. The lowest BCUT2D eigenvalue weighted by atomic mass is 9.97. The van der Waals surface area contributed by atoms with Crippen LogP contribution in [-0.4, -0.2) is 20.6 Å². The number of aromatic nitrogens is 2. The van der Waals surface area contributed by atoms with Gasteiger partial charge in [0.25, 0.3) is 0 Å². The zero-order chi connectivity index (χ0) is 18.4. The minimum Gasteiger partial charge on any atom is -0.477 e. The highest BCUT2D eigenvalue weighted by Crippen LogP contribution is 2.32. The van der Waals surface area contributed by atoms with Crippen molar-refractivity contribution in [1.82, 2.24) is 9.55 Å². The fourth-order valence-corrected chi connectivity index (χ4v) is 3.78. The number of hydrogen-bond donors (Lipinski definition) is 1. The molecule has 5 nitrogen and oxygen atoms in total. The van der Waals surface area contributed by atoms with Crippen LogP contribution < -0.4 is 0 Å². The van der Waals surface area contributed by atoms with Gasteiger partial charge in [-0.15, -0.1) is 11.3 Å². The van der Waals surface area contributed by atoms with Gasteiger partial charge in [0.15, 0.2) is 0 Å². The van der Waals surface area contributed by atoms with E-state index in [0.717, 1.165) is 34.3 Å². The second-order valence-corrected chi connectivity index (χ2v) is 8.31. The molecule has 1 N–H and O–H groups in total. The van der Waals surface area contributed by atoms with Crippen LogP contribution in [0.4, 0.5) is 0 Å². The number of nitrogens with zero attached hydrogens (tertiary/aromatic N) is 3. The molecule has 0 atom stereocenters. The number of benzene rings is 1. The maximum atomic E-state index is 11.2. The minimum absolute atomic E-state index is 0.0974. The van der Waals surface area contributed by atoms with Gasteiger partial charge in [-0.1, -0.05) is 20.8 Å². The zero-order valence-electron chi connectivity index (χ0n) is 14.6. The molecule has 3 aromatic rings. The maximum absolute atomic E-state index is 11.2. The number of aryl methyl sites for hydroxylation is 1. The Morgan fingerprint density at radius 2 is 2.12 bits per heavy atom. The summed E-state index contributed by atoms with van der Waals surface area (Å²) in [6.45, 7) is 8.98. The van der Waals surface area contributed by atoms with Crippen molar-refractivity contribution in [3.05, 3.63) is 40.5 Å². The molecule has 0 bridgehead atoms. The van der Waals surface area contributed by atoms with E-state index >= 15 is 0 Å². The first kappa shape index (κ1) is 17.2. The van der Waals surface area contributed by atoms with Gasteiger partial charge in [-0.05, 0) is 30.5 Å². The molecule has 128 valence electrons. The van der Waals surface area contributed by atoms with Crippen molar-refractivity contribution in [3.63, 3.8) is 0 Å². The molecular formula is C19H19N3O2S. The predicted octanol–water partition coefficient (Wildman–Crippen LogP) is 4.69. The molecule has 0 amide bonds. The minimum atomic E-state index is -0.962. The quantitative estimate of drug-likeness (QED) is 0.741. The Morgan fingerprint density at radius 1 is 1.40 bits per heavy atom. The molecule has 1 aromatic carbocycles. The van der Waals surface area contributed by atoms with Gasteiger partial charge in [0.1, 0.15) is 16.0 Å². The summed E-state index contributed by atoms with van der Waals surface area (Å²) in [4.78, 5) is 15.9. The van der Waals surface area contributed by atoms with Crippen molar-refractivity contribution in [1.29, 1.82) is 5.26 Å². The average Bonchev–Trinajstić information content (AvgIpc) is 3.06. The van der Waals surface area contributed by atoms with E-state index in [1.165, 1.54) is 0 Å². The Balaban J connectivity index is 2.13. The van der Waals surface area contributed by atoms with Gasteiger partial charge in [-0.2, -0.15) is 5.26 Å². The molecule has 0 spiro atoms. The van der Waals surface area contributed by atoms with Crippen LogP contribution in [0.1, 0.15) is 41.7 Å². The molecule has 0 radical (unpaired) electrons. The van der Waals surface area contributed by atoms with Crippen LogP contribution >= 0.6 is 11.3 Å². The monoisotopic (exact) mass is 353 g/mol. The summed E-state index contributed by atoms with van der Waals surface area (Å²) in [5.41, 5.74) is 3.06. The van der Waals surface area contributed by atoms with Crippen LogP contribution in [0, 0.1) is 23.7 Å². The predicted molar refractivity (Wildman–Crippen MR) is 98.9 cm³/mol. The van der Waals surface area contributed by atoms with Crippen molar-refractivity contribution in [2.75, 3.05) is 0 Å². The highest BCUT2D eigenvalue weighted by molar-refractivity contribution is 7.17. The molecule has 0 aliphatic carbocycles. The van der Waals surface area contributed by atoms with Crippen LogP contribution in [0.25, 0.3) is 21.5 Å². The van der Waals surface area contributed by atoms with Gasteiger partial charge in [0, 0.05) is 29.2 Å². The lowest BCUT2D eigenvalue weighted by molar-refractivity contribution is 0.0701. The Labute approximate surface area is 150 Å². The SMILES string of the molecule is Cc1nc(-c2ccc3c(c2)c(C#N)cn3CC(C)(C)C)sc1C(=O)O. The van der Waals surface area contributed by atoms with Crippen LogP contribution in [0.3, 0.4) is 0 Å². The number of hydrogen-bond acceptors (Lipinski definition) is 4. The van der Waals surface area contributed by atoms with Gasteiger partial charge in [0.05, 0.1) is 11.3 Å². The molecule has 3 rings (SSSR count). The summed E-state index contributed by atoms with van der Waals surface area (Å²) < 4.78 is 2.10. The summed E-state index contributed by atoms with van der Waals surface area (Å²) in [7, 11) is 0. The summed E-state index contributed by atoms with van der Waals surface area (Å²) >= 11 is 1.16. The number of carbonyl (C=O) groups is 1. The molecule has 0 aliphatic rings. The zero-order valence-corrected chi connectivity index (χ0v) is 15.4. The molecule has 6 heteroatoms. The van der Waals surface area contributed by atoms with E-state index in [2.05, 4.69) is 36.4 Å². The fraction of sp³-hybridized carbons (Fsp3) is 0.316. The van der Waals surface area contributed by atoms with Gasteiger partial charge in [-0.3, -0.25) is 0 Å². The molecule has 0 unspecified atom stereocenters. The van der Waals surface area contributed by atoms with Crippen LogP contribution in [0.2, 0.25) is 0 Å². The second kappa shape index (κ2) is 6.01. The Morgan fingerprint density at radius 3 is 2.68 bits per heavy atom. The van der Waals surface area contributed by atoms with Crippen LogP contribution in [0.15, 0.2) is 24.4 Å². The van der Waals surface area contributed by atoms with Crippen molar-refractivity contribution in [2.24, 2.45) is 5.41 Å². The van der Waals surface area contributed by atoms with E-state index in [-0.39, 0.29) is 10.3 Å². The van der Waals surface area contributed by atoms with Gasteiger partial charge in [-0.25, -0.2) is 9.78 Å². The molecule has 0 fully saturated rings. The van der Waals surface area contributed by atoms with Crippen molar-refractivity contribution in [2.45, 2.75) is 34.2 Å². The van der Waals surface area contributed by atoms with E-state index in [1.54, 1.807) is 6.92 Å². The third-order valence-corrected chi connectivity index (χ3v) is 5.08. The van der Waals surface area contributed by atoms with Crippen molar-refractivity contribution >= 4 is 28.2 Å². The first-order valence-electron chi connectivity index (χ1n) is 7.94. The fourth-order valence-electron chi connectivity index (χ4n) is 2.88. The third kappa shape index (κ3) is 3.28.